The molecule has 4 heteroatoms. The number of halogens is 2. The van der Waals surface area contributed by atoms with E-state index in [1.807, 2.05) is 25.1 Å². The maximum Gasteiger partial charge on any atom is 0.254 e. The minimum atomic E-state index is 0.196. The van der Waals surface area contributed by atoms with Crippen molar-refractivity contribution in [2.24, 2.45) is 0 Å². The highest BCUT2D eigenvalue weighted by molar-refractivity contribution is 9.10. The molecule has 1 amide bonds. The van der Waals surface area contributed by atoms with E-state index in [9.17, 15) is 4.79 Å². The standard InChI is InChI=1S/C15H19Br2NO/c1-11-10-12(17)6-7-14(11)15(19)18-9-3-5-13(18)4-2-8-16/h6-7,10,13H,2-5,8-9H2,1H3. The van der Waals surface area contributed by atoms with Crippen molar-refractivity contribution in [3.8, 4) is 0 Å². The average molecular weight is 389 g/mol. The number of benzene rings is 1. The molecule has 0 N–H and O–H groups in total. The molecule has 0 spiro atoms. The van der Waals surface area contributed by atoms with Crippen LogP contribution in [0.1, 0.15) is 41.6 Å². The molecular weight excluding hydrogens is 370 g/mol. The Balaban J connectivity index is 2.13. The average Bonchev–Trinajstić information content (AvgIpc) is 2.83. The summed E-state index contributed by atoms with van der Waals surface area (Å²) < 4.78 is 1.03. The molecule has 1 aliphatic heterocycles. The Kier molecular flexibility index (Phi) is 5.46. The molecule has 2 nitrogen and oxygen atoms in total. The first-order valence-corrected chi connectivity index (χ1v) is 8.68. The molecule has 2 rings (SSSR count). The molecule has 1 aromatic rings. The van der Waals surface area contributed by atoms with Gasteiger partial charge in [0.15, 0.2) is 0 Å². The minimum Gasteiger partial charge on any atom is -0.336 e. The molecule has 19 heavy (non-hydrogen) atoms. The predicted molar refractivity (Wildman–Crippen MR) is 86.0 cm³/mol. The van der Waals surface area contributed by atoms with Gasteiger partial charge in [0.2, 0.25) is 0 Å². The fourth-order valence-corrected chi connectivity index (χ4v) is 3.54. The molecule has 1 saturated heterocycles. The van der Waals surface area contributed by atoms with Gasteiger partial charge in [0, 0.05) is 28.0 Å². The van der Waals surface area contributed by atoms with E-state index < -0.39 is 0 Å². The second-order valence-electron chi connectivity index (χ2n) is 5.09. The molecule has 1 aromatic carbocycles. The fourth-order valence-electron chi connectivity index (χ4n) is 2.74. The van der Waals surface area contributed by atoms with Crippen LogP contribution in [0.4, 0.5) is 0 Å². The van der Waals surface area contributed by atoms with Crippen LogP contribution in [-0.2, 0) is 0 Å². The first-order valence-electron chi connectivity index (χ1n) is 6.76. The number of hydrogen-bond acceptors (Lipinski definition) is 1. The monoisotopic (exact) mass is 387 g/mol. The maximum absolute atomic E-state index is 12.7. The van der Waals surface area contributed by atoms with Crippen molar-refractivity contribution in [3.63, 3.8) is 0 Å². The highest BCUT2D eigenvalue weighted by atomic mass is 79.9. The third kappa shape index (κ3) is 3.60. The van der Waals surface area contributed by atoms with Crippen LogP contribution in [0.15, 0.2) is 22.7 Å². The fraction of sp³-hybridized carbons (Fsp3) is 0.533. The lowest BCUT2D eigenvalue weighted by Crippen LogP contribution is -2.35. The smallest absolute Gasteiger partial charge is 0.254 e. The van der Waals surface area contributed by atoms with Crippen LogP contribution >= 0.6 is 31.9 Å². The molecule has 1 aliphatic rings. The van der Waals surface area contributed by atoms with E-state index in [1.165, 1.54) is 0 Å². The number of carbonyl (C=O) groups excluding carboxylic acids is 1. The van der Waals surface area contributed by atoms with Gasteiger partial charge in [-0.3, -0.25) is 4.79 Å². The molecule has 104 valence electrons. The number of hydrogen-bond donors (Lipinski definition) is 0. The zero-order chi connectivity index (χ0) is 13.8. The van der Waals surface area contributed by atoms with Crippen molar-refractivity contribution in [2.45, 2.75) is 38.6 Å². The largest absolute Gasteiger partial charge is 0.336 e. The summed E-state index contributed by atoms with van der Waals surface area (Å²) in [6, 6.07) is 6.32. The second kappa shape index (κ2) is 6.89. The highest BCUT2D eigenvalue weighted by Gasteiger charge is 2.29. The Morgan fingerprint density at radius 2 is 2.26 bits per heavy atom. The van der Waals surface area contributed by atoms with Gasteiger partial charge in [0.05, 0.1) is 0 Å². The normalized spacial score (nSPS) is 18.9. The van der Waals surface area contributed by atoms with Gasteiger partial charge in [-0.15, -0.1) is 0 Å². The molecule has 0 radical (unpaired) electrons. The van der Waals surface area contributed by atoms with Gasteiger partial charge in [0.25, 0.3) is 5.91 Å². The van der Waals surface area contributed by atoms with E-state index in [0.29, 0.717) is 6.04 Å². The number of rotatable bonds is 4. The second-order valence-corrected chi connectivity index (χ2v) is 6.79. The van der Waals surface area contributed by atoms with Gasteiger partial charge in [-0.1, -0.05) is 31.9 Å². The Labute approximate surface area is 131 Å². The van der Waals surface area contributed by atoms with Crippen LogP contribution in [-0.4, -0.2) is 28.7 Å². The van der Waals surface area contributed by atoms with Crippen molar-refractivity contribution in [1.29, 1.82) is 0 Å². The molecule has 0 bridgehead atoms. The summed E-state index contributed by atoms with van der Waals surface area (Å²) >= 11 is 6.91. The molecule has 0 aromatic heterocycles. The van der Waals surface area contributed by atoms with Gasteiger partial charge in [-0.25, -0.2) is 0 Å². The van der Waals surface area contributed by atoms with Crippen LogP contribution < -0.4 is 0 Å². The molecule has 1 atom stereocenters. The van der Waals surface area contributed by atoms with Gasteiger partial charge < -0.3 is 4.90 Å². The molecule has 1 heterocycles. The maximum atomic E-state index is 12.7. The number of amides is 1. The Morgan fingerprint density at radius 3 is 2.95 bits per heavy atom. The number of carbonyl (C=O) groups is 1. The van der Waals surface area contributed by atoms with Crippen molar-refractivity contribution in [1.82, 2.24) is 4.90 Å². The first kappa shape index (κ1) is 15.0. The molecule has 1 fully saturated rings. The Bertz CT molecular complexity index is 461. The first-order chi connectivity index (χ1) is 9.13. The Morgan fingerprint density at radius 1 is 1.47 bits per heavy atom. The SMILES string of the molecule is Cc1cc(Br)ccc1C(=O)N1CCCC1CCCBr. The number of aryl methyl sites for hydroxylation is 1. The lowest BCUT2D eigenvalue weighted by atomic mass is 10.1. The highest BCUT2D eigenvalue weighted by Crippen LogP contribution is 2.25. The summed E-state index contributed by atoms with van der Waals surface area (Å²) in [5.74, 6) is 0.196. The molecule has 0 aliphatic carbocycles. The van der Waals surface area contributed by atoms with Crippen molar-refractivity contribution < 1.29 is 4.79 Å². The summed E-state index contributed by atoms with van der Waals surface area (Å²) in [7, 11) is 0. The van der Waals surface area contributed by atoms with Crippen molar-refractivity contribution in [2.75, 3.05) is 11.9 Å². The van der Waals surface area contributed by atoms with E-state index in [4.69, 9.17) is 0 Å². The van der Waals surface area contributed by atoms with Gasteiger partial charge >= 0.3 is 0 Å². The minimum absolute atomic E-state index is 0.196. The summed E-state index contributed by atoms with van der Waals surface area (Å²) in [6.07, 6.45) is 4.52. The lowest BCUT2D eigenvalue weighted by Gasteiger charge is -2.25. The van der Waals surface area contributed by atoms with E-state index in [0.717, 1.165) is 53.2 Å². The zero-order valence-electron chi connectivity index (χ0n) is 11.2. The predicted octanol–water partition coefficient (Wildman–Crippen LogP) is 4.54. The number of nitrogens with zero attached hydrogens (tertiary/aromatic N) is 1. The van der Waals surface area contributed by atoms with E-state index in [1.54, 1.807) is 0 Å². The lowest BCUT2D eigenvalue weighted by molar-refractivity contribution is 0.0729. The summed E-state index contributed by atoms with van der Waals surface area (Å²) in [6.45, 7) is 2.91. The molecule has 1 unspecified atom stereocenters. The van der Waals surface area contributed by atoms with E-state index in [2.05, 4.69) is 36.8 Å². The summed E-state index contributed by atoms with van der Waals surface area (Å²) in [5.41, 5.74) is 1.89. The number of likely N-dealkylation sites (tertiary alicyclic amines) is 1. The zero-order valence-corrected chi connectivity index (χ0v) is 14.3. The third-order valence-electron chi connectivity index (χ3n) is 3.73. The van der Waals surface area contributed by atoms with Crippen LogP contribution in [0, 0.1) is 6.92 Å². The quantitative estimate of drug-likeness (QED) is 0.693. The van der Waals surface area contributed by atoms with Crippen LogP contribution in [0.5, 0.6) is 0 Å². The van der Waals surface area contributed by atoms with Crippen LogP contribution in [0.2, 0.25) is 0 Å². The van der Waals surface area contributed by atoms with E-state index in [-0.39, 0.29) is 5.91 Å². The van der Waals surface area contributed by atoms with Crippen LogP contribution in [0.3, 0.4) is 0 Å². The topological polar surface area (TPSA) is 20.3 Å². The van der Waals surface area contributed by atoms with Crippen LogP contribution in [0.25, 0.3) is 0 Å². The third-order valence-corrected chi connectivity index (χ3v) is 4.78. The summed E-state index contributed by atoms with van der Waals surface area (Å²) in [4.78, 5) is 14.7. The van der Waals surface area contributed by atoms with Crippen molar-refractivity contribution >= 4 is 37.8 Å². The summed E-state index contributed by atoms with van der Waals surface area (Å²) in [5, 5.41) is 1.02. The Hall–Kier alpha value is -0.350. The van der Waals surface area contributed by atoms with E-state index >= 15 is 0 Å². The number of alkyl halides is 1. The van der Waals surface area contributed by atoms with Gasteiger partial charge in [-0.05, 0) is 56.4 Å². The van der Waals surface area contributed by atoms with Gasteiger partial charge in [0.1, 0.15) is 0 Å². The van der Waals surface area contributed by atoms with Crippen molar-refractivity contribution in [3.05, 3.63) is 33.8 Å². The molecule has 0 saturated carbocycles. The van der Waals surface area contributed by atoms with Gasteiger partial charge in [-0.2, -0.15) is 0 Å². The molecular formula is C15H19Br2NO.